The molecule has 1 aromatic heterocycles. The molecule has 0 unspecified atom stereocenters. The highest BCUT2D eigenvalue weighted by Crippen LogP contribution is 2.27. The summed E-state index contributed by atoms with van der Waals surface area (Å²) in [6.07, 6.45) is 9.60. The predicted molar refractivity (Wildman–Crippen MR) is 124 cm³/mol. The van der Waals surface area contributed by atoms with Crippen molar-refractivity contribution in [3.63, 3.8) is 0 Å². The average Bonchev–Trinajstić information content (AvgIpc) is 2.83. The minimum absolute atomic E-state index is 0.177. The van der Waals surface area contributed by atoms with Gasteiger partial charge in [-0.1, -0.05) is 31.4 Å². The third kappa shape index (κ3) is 7.58. The van der Waals surface area contributed by atoms with Gasteiger partial charge in [-0.15, -0.1) is 0 Å². The molecule has 1 saturated carbocycles. The Balaban J connectivity index is 1.57. The molecule has 31 heavy (non-hydrogen) atoms. The molecule has 2 N–H and O–H groups in total. The van der Waals surface area contributed by atoms with Crippen molar-refractivity contribution in [2.24, 2.45) is 5.92 Å². The first-order chi connectivity index (χ1) is 15.2. The molecule has 166 valence electrons. The summed E-state index contributed by atoms with van der Waals surface area (Å²) in [5.41, 5.74) is 1.43. The van der Waals surface area contributed by atoms with Crippen LogP contribution < -0.4 is 15.4 Å². The number of aromatic nitrogens is 1. The van der Waals surface area contributed by atoms with E-state index >= 15 is 0 Å². The molecule has 2 amide bonds. The molecule has 0 radical (unpaired) electrons. The molecule has 3 rings (SSSR count). The minimum atomic E-state index is -0.598. The molecule has 1 atom stereocenters. The monoisotopic (exact) mass is 441 g/mol. The highest BCUT2D eigenvalue weighted by atomic mass is 32.2. The Hall–Kier alpha value is -2.54. The van der Waals surface area contributed by atoms with Gasteiger partial charge in [-0.3, -0.25) is 14.6 Å². The number of ether oxygens (including phenoxy) is 1. The predicted octanol–water partition coefficient (Wildman–Crippen LogP) is 3.82. The van der Waals surface area contributed by atoms with E-state index in [0.29, 0.717) is 17.9 Å². The normalized spacial score (nSPS) is 15.1. The van der Waals surface area contributed by atoms with Gasteiger partial charge in [-0.25, -0.2) is 0 Å². The second-order valence-electron chi connectivity index (χ2n) is 7.88. The summed E-state index contributed by atoms with van der Waals surface area (Å²) in [7, 11) is 1.62. The van der Waals surface area contributed by atoms with Crippen molar-refractivity contribution >= 4 is 23.6 Å². The van der Waals surface area contributed by atoms with E-state index in [1.54, 1.807) is 37.2 Å². The maximum absolute atomic E-state index is 12.9. The summed E-state index contributed by atoms with van der Waals surface area (Å²) in [6.45, 7) is 0.398. The highest BCUT2D eigenvalue weighted by molar-refractivity contribution is 7.99. The Kier molecular flexibility index (Phi) is 9.21. The van der Waals surface area contributed by atoms with Gasteiger partial charge in [0.15, 0.2) is 0 Å². The second kappa shape index (κ2) is 12.3. The van der Waals surface area contributed by atoms with E-state index in [2.05, 4.69) is 15.6 Å². The summed E-state index contributed by atoms with van der Waals surface area (Å²) >= 11 is 1.75. The zero-order chi connectivity index (χ0) is 21.9. The van der Waals surface area contributed by atoms with Crippen LogP contribution >= 0.6 is 11.8 Å². The zero-order valence-corrected chi connectivity index (χ0v) is 18.8. The fourth-order valence-corrected chi connectivity index (χ4v) is 4.96. The average molecular weight is 442 g/mol. The zero-order valence-electron chi connectivity index (χ0n) is 18.0. The number of thioether (sulfide) groups is 1. The molecular formula is C24H31N3O3S. The standard InChI is InChI=1S/C24H31N3O3S/c1-30-21-11-9-18(10-12-21)14-26-24(29)22(17-31-16-19-6-3-2-4-7-19)27-23(28)20-8-5-13-25-15-20/h5,8-13,15,19,22H,2-4,6-7,14,16-17H2,1H3,(H,26,29)(H,27,28)/t22-/m0/s1. The fraction of sp³-hybridized carbons (Fsp3) is 0.458. The van der Waals surface area contributed by atoms with Crippen LogP contribution in [0.2, 0.25) is 0 Å². The van der Waals surface area contributed by atoms with E-state index in [4.69, 9.17) is 4.74 Å². The number of benzene rings is 1. The van der Waals surface area contributed by atoms with Gasteiger partial charge in [0.1, 0.15) is 11.8 Å². The number of carbonyl (C=O) groups excluding carboxylic acids is 2. The van der Waals surface area contributed by atoms with Crippen molar-refractivity contribution in [1.82, 2.24) is 15.6 Å². The summed E-state index contributed by atoms with van der Waals surface area (Å²) in [4.78, 5) is 29.5. The van der Waals surface area contributed by atoms with Gasteiger partial charge in [0.25, 0.3) is 5.91 Å². The molecule has 1 aromatic carbocycles. The van der Waals surface area contributed by atoms with Crippen LogP contribution in [0.3, 0.4) is 0 Å². The maximum atomic E-state index is 12.9. The lowest BCUT2D eigenvalue weighted by molar-refractivity contribution is -0.122. The Morgan fingerprint density at radius 1 is 1.16 bits per heavy atom. The van der Waals surface area contributed by atoms with Gasteiger partial charge in [-0.05, 0) is 54.3 Å². The smallest absolute Gasteiger partial charge is 0.253 e. The Morgan fingerprint density at radius 3 is 2.61 bits per heavy atom. The van der Waals surface area contributed by atoms with Crippen molar-refractivity contribution in [3.8, 4) is 5.75 Å². The summed E-state index contributed by atoms with van der Waals surface area (Å²) in [5.74, 6) is 2.62. The molecule has 2 aromatic rings. The summed E-state index contributed by atoms with van der Waals surface area (Å²) < 4.78 is 5.17. The van der Waals surface area contributed by atoms with E-state index in [1.807, 2.05) is 24.3 Å². The summed E-state index contributed by atoms with van der Waals surface area (Å²) in [5, 5.41) is 5.85. The number of carbonyl (C=O) groups is 2. The van der Waals surface area contributed by atoms with Crippen LogP contribution in [-0.2, 0) is 11.3 Å². The number of rotatable bonds is 10. The van der Waals surface area contributed by atoms with Gasteiger partial charge in [0, 0.05) is 24.7 Å². The highest BCUT2D eigenvalue weighted by Gasteiger charge is 2.22. The SMILES string of the molecule is COc1ccc(CNC(=O)[C@H](CSCC2CCCCC2)NC(=O)c2cccnc2)cc1. The maximum Gasteiger partial charge on any atom is 0.253 e. The lowest BCUT2D eigenvalue weighted by Crippen LogP contribution is -2.48. The number of amides is 2. The quantitative estimate of drug-likeness (QED) is 0.586. The van der Waals surface area contributed by atoms with Crippen molar-refractivity contribution < 1.29 is 14.3 Å². The number of nitrogens with zero attached hydrogens (tertiary/aromatic N) is 1. The molecule has 6 nitrogen and oxygen atoms in total. The van der Waals surface area contributed by atoms with E-state index in [1.165, 1.54) is 38.3 Å². The lowest BCUT2D eigenvalue weighted by atomic mass is 9.91. The number of pyridine rings is 1. The number of hydrogen-bond acceptors (Lipinski definition) is 5. The van der Waals surface area contributed by atoms with E-state index in [9.17, 15) is 9.59 Å². The second-order valence-corrected chi connectivity index (χ2v) is 8.95. The minimum Gasteiger partial charge on any atom is -0.497 e. The van der Waals surface area contributed by atoms with Crippen molar-refractivity contribution in [1.29, 1.82) is 0 Å². The third-order valence-corrected chi connectivity index (χ3v) is 6.81. The van der Waals surface area contributed by atoms with Crippen LogP contribution in [-0.4, -0.2) is 41.5 Å². The molecule has 0 bridgehead atoms. The number of hydrogen-bond donors (Lipinski definition) is 2. The number of methoxy groups -OCH3 is 1. The van der Waals surface area contributed by atoms with Crippen molar-refractivity contribution in [2.75, 3.05) is 18.6 Å². The van der Waals surface area contributed by atoms with Gasteiger partial charge in [0.05, 0.1) is 12.7 Å². The topological polar surface area (TPSA) is 80.3 Å². The Morgan fingerprint density at radius 2 is 1.94 bits per heavy atom. The van der Waals surface area contributed by atoms with Gasteiger partial charge >= 0.3 is 0 Å². The van der Waals surface area contributed by atoms with Crippen molar-refractivity contribution in [3.05, 3.63) is 59.9 Å². The van der Waals surface area contributed by atoms with Crippen LogP contribution in [0.1, 0.15) is 48.0 Å². The van der Waals surface area contributed by atoms with Crippen LogP contribution in [0.5, 0.6) is 5.75 Å². The van der Waals surface area contributed by atoms with Gasteiger partial charge in [0.2, 0.25) is 5.91 Å². The first kappa shape index (κ1) is 23.1. The molecule has 1 fully saturated rings. The number of nitrogens with one attached hydrogen (secondary N) is 2. The van der Waals surface area contributed by atoms with Crippen LogP contribution in [0.15, 0.2) is 48.8 Å². The molecule has 0 saturated heterocycles. The molecule has 1 heterocycles. The van der Waals surface area contributed by atoms with Crippen LogP contribution in [0, 0.1) is 5.92 Å². The Labute approximate surface area is 188 Å². The molecule has 1 aliphatic rings. The van der Waals surface area contributed by atoms with Gasteiger partial charge in [-0.2, -0.15) is 11.8 Å². The lowest BCUT2D eigenvalue weighted by Gasteiger charge is -2.23. The van der Waals surface area contributed by atoms with Gasteiger partial charge < -0.3 is 15.4 Å². The van der Waals surface area contributed by atoms with Crippen LogP contribution in [0.25, 0.3) is 0 Å². The summed E-state index contributed by atoms with van der Waals surface area (Å²) in [6, 6.07) is 10.4. The van der Waals surface area contributed by atoms with E-state index < -0.39 is 6.04 Å². The van der Waals surface area contributed by atoms with Crippen molar-refractivity contribution in [2.45, 2.75) is 44.7 Å². The van der Waals surface area contributed by atoms with E-state index in [0.717, 1.165) is 23.0 Å². The molecule has 1 aliphatic carbocycles. The van der Waals surface area contributed by atoms with Crippen LogP contribution in [0.4, 0.5) is 0 Å². The Bertz CT molecular complexity index is 824. The molecule has 0 spiro atoms. The first-order valence-corrected chi connectivity index (χ1v) is 12.0. The first-order valence-electron chi connectivity index (χ1n) is 10.8. The van der Waals surface area contributed by atoms with E-state index in [-0.39, 0.29) is 11.8 Å². The third-order valence-electron chi connectivity index (χ3n) is 5.53. The fourth-order valence-electron chi connectivity index (χ4n) is 3.68. The largest absolute Gasteiger partial charge is 0.497 e. The molecule has 0 aliphatic heterocycles. The molecular weight excluding hydrogens is 410 g/mol. The molecule has 7 heteroatoms.